The molecule has 0 atom stereocenters. The number of nitrogens with zero attached hydrogens (tertiary/aromatic N) is 1. The Bertz CT molecular complexity index is 671. The second-order valence-corrected chi connectivity index (χ2v) is 4.60. The molecule has 1 amide bonds. The van der Waals surface area contributed by atoms with Crippen LogP contribution in [-0.4, -0.2) is 16.1 Å². The quantitative estimate of drug-likeness (QED) is 0.720. The van der Waals surface area contributed by atoms with E-state index >= 15 is 0 Å². The van der Waals surface area contributed by atoms with Crippen LogP contribution in [0, 0.1) is 0 Å². The van der Waals surface area contributed by atoms with Crippen LogP contribution in [0.4, 0.5) is 0 Å². The van der Waals surface area contributed by atoms with Gasteiger partial charge in [-0.15, -0.1) is 0 Å². The average molecular weight is 241 g/mol. The summed E-state index contributed by atoms with van der Waals surface area (Å²) < 4.78 is 0. The highest BCUT2D eigenvalue weighted by atomic mass is 32.2. The van der Waals surface area contributed by atoms with Crippen LogP contribution in [0.5, 0.6) is 0 Å². The highest BCUT2D eigenvalue weighted by molar-refractivity contribution is 8.29. The lowest BCUT2D eigenvalue weighted by molar-refractivity contribution is -0.130. The van der Waals surface area contributed by atoms with Crippen LogP contribution in [0.2, 0.25) is 0 Å². The van der Waals surface area contributed by atoms with E-state index in [0.717, 1.165) is 28.1 Å². The molecular formula is C13H7NO2S. The van der Waals surface area contributed by atoms with E-state index in [2.05, 4.69) is 4.99 Å². The van der Waals surface area contributed by atoms with Gasteiger partial charge in [-0.25, -0.2) is 0 Å². The molecule has 0 aliphatic carbocycles. The topological polar surface area (TPSA) is 46.5 Å². The molecule has 0 fully saturated rings. The third kappa shape index (κ3) is 1.66. The Labute approximate surface area is 102 Å². The van der Waals surface area contributed by atoms with E-state index in [4.69, 9.17) is 0 Å². The number of rotatable bonds is 1. The van der Waals surface area contributed by atoms with E-state index in [1.54, 1.807) is 0 Å². The Morgan fingerprint density at radius 3 is 2.47 bits per heavy atom. The number of hydrogen-bond donors (Lipinski definition) is 0. The maximum absolute atomic E-state index is 11.2. The summed E-state index contributed by atoms with van der Waals surface area (Å²) in [6.45, 7) is 0. The zero-order valence-electron chi connectivity index (χ0n) is 8.71. The zero-order valence-corrected chi connectivity index (χ0v) is 9.53. The molecule has 0 saturated carbocycles. The fourth-order valence-electron chi connectivity index (χ4n) is 1.82. The van der Waals surface area contributed by atoms with Gasteiger partial charge in [-0.05, 0) is 22.5 Å². The first-order chi connectivity index (χ1) is 8.25. The van der Waals surface area contributed by atoms with Gasteiger partial charge in [0.1, 0.15) is 5.04 Å². The van der Waals surface area contributed by atoms with Crippen LogP contribution >= 0.6 is 11.8 Å². The van der Waals surface area contributed by atoms with Gasteiger partial charge in [0.15, 0.2) is 0 Å². The van der Waals surface area contributed by atoms with Gasteiger partial charge in [0.2, 0.25) is 0 Å². The van der Waals surface area contributed by atoms with Crippen LogP contribution < -0.4 is 0 Å². The monoisotopic (exact) mass is 241 g/mol. The Morgan fingerprint density at radius 1 is 0.941 bits per heavy atom. The van der Waals surface area contributed by atoms with Crippen molar-refractivity contribution in [3.8, 4) is 0 Å². The molecule has 3 nitrogen and oxygen atoms in total. The maximum Gasteiger partial charge on any atom is 0.325 e. The average Bonchev–Trinajstić information content (AvgIpc) is 2.69. The van der Waals surface area contributed by atoms with E-state index < -0.39 is 11.0 Å². The van der Waals surface area contributed by atoms with Gasteiger partial charge in [-0.2, -0.15) is 4.99 Å². The molecule has 3 rings (SSSR count). The normalized spacial score (nSPS) is 15.4. The summed E-state index contributed by atoms with van der Waals surface area (Å²) in [5.74, 6) is -0.669. The van der Waals surface area contributed by atoms with Crippen molar-refractivity contribution in [3.63, 3.8) is 0 Å². The van der Waals surface area contributed by atoms with Gasteiger partial charge in [0.25, 0.3) is 5.12 Å². The Hall–Kier alpha value is -1.94. The summed E-state index contributed by atoms with van der Waals surface area (Å²) in [6, 6.07) is 13.6. The molecule has 0 unspecified atom stereocenters. The van der Waals surface area contributed by atoms with E-state index in [0.29, 0.717) is 5.04 Å². The number of carbonyl (C=O) groups is 2. The lowest BCUT2D eigenvalue weighted by Gasteiger charge is -2.04. The lowest BCUT2D eigenvalue weighted by Crippen LogP contribution is -1.98. The second kappa shape index (κ2) is 3.82. The summed E-state index contributed by atoms with van der Waals surface area (Å²) in [4.78, 5) is 26.1. The smallest absolute Gasteiger partial charge is 0.275 e. The first-order valence-electron chi connectivity index (χ1n) is 5.09. The molecule has 1 heterocycles. The summed E-state index contributed by atoms with van der Waals surface area (Å²) >= 11 is 0.903. The number of hydrogen-bond acceptors (Lipinski definition) is 3. The molecule has 1 aliphatic heterocycles. The highest BCUT2D eigenvalue weighted by Crippen LogP contribution is 2.27. The van der Waals surface area contributed by atoms with Crippen molar-refractivity contribution in [1.29, 1.82) is 0 Å². The largest absolute Gasteiger partial charge is 0.325 e. The van der Waals surface area contributed by atoms with Crippen LogP contribution in [0.1, 0.15) is 5.56 Å². The molecule has 0 radical (unpaired) electrons. The predicted octanol–water partition coefficient (Wildman–Crippen LogP) is 2.39. The maximum atomic E-state index is 11.2. The molecule has 4 heteroatoms. The predicted molar refractivity (Wildman–Crippen MR) is 68.1 cm³/mol. The van der Waals surface area contributed by atoms with E-state index in [9.17, 15) is 9.59 Å². The fourth-order valence-corrected chi connectivity index (χ4v) is 2.54. The van der Waals surface area contributed by atoms with Crippen molar-refractivity contribution in [1.82, 2.24) is 0 Å². The first-order valence-corrected chi connectivity index (χ1v) is 5.90. The summed E-state index contributed by atoms with van der Waals surface area (Å²) in [7, 11) is 0. The summed E-state index contributed by atoms with van der Waals surface area (Å²) in [6.07, 6.45) is 0. The number of amides is 1. The van der Waals surface area contributed by atoms with Crippen LogP contribution in [0.3, 0.4) is 0 Å². The SMILES string of the molecule is O=C1N=C(c2cccc3ccccc23)SC1=O. The van der Waals surface area contributed by atoms with Crippen molar-refractivity contribution in [2.75, 3.05) is 0 Å². The Kier molecular flexibility index (Phi) is 2.30. The molecule has 0 aromatic heterocycles. The molecule has 0 N–H and O–H groups in total. The minimum Gasteiger partial charge on any atom is -0.275 e. The molecule has 17 heavy (non-hydrogen) atoms. The standard InChI is InChI=1S/C13H7NO2S/c15-11-13(16)17-12(14-11)10-7-3-5-8-4-1-2-6-9(8)10/h1-7H. The number of benzene rings is 2. The molecular weight excluding hydrogens is 234 g/mol. The molecule has 82 valence electrons. The van der Waals surface area contributed by atoms with Gasteiger partial charge >= 0.3 is 5.91 Å². The number of thioether (sulfide) groups is 1. The fraction of sp³-hybridized carbons (Fsp3) is 0. The van der Waals surface area contributed by atoms with Gasteiger partial charge in [0.05, 0.1) is 0 Å². The second-order valence-electron chi connectivity index (χ2n) is 3.64. The summed E-state index contributed by atoms with van der Waals surface area (Å²) in [5.41, 5.74) is 0.840. The molecule has 2 aromatic carbocycles. The van der Waals surface area contributed by atoms with E-state index in [1.165, 1.54) is 0 Å². The van der Waals surface area contributed by atoms with E-state index in [1.807, 2.05) is 42.5 Å². The molecule has 0 saturated heterocycles. The first kappa shape index (κ1) is 10.2. The third-order valence-electron chi connectivity index (χ3n) is 2.59. The highest BCUT2D eigenvalue weighted by Gasteiger charge is 2.27. The van der Waals surface area contributed by atoms with Crippen molar-refractivity contribution in [2.24, 2.45) is 4.99 Å². The van der Waals surface area contributed by atoms with Crippen LogP contribution in [0.25, 0.3) is 10.8 Å². The van der Waals surface area contributed by atoms with E-state index in [-0.39, 0.29) is 0 Å². The van der Waals surface area contributed by atoms with Crippen molar-refractivity contribution in [3.05, 3.63) is 48.0 Å². The molecule has 0 spiro atoms. The van der Waals surface area contributed by atoms with Gasteiger partial charge < -0.3 is 0 Å². The zero-order chi connectivity index (χ0) is 11.8. The summed E-state index contributed by atoms with van der Waals surface area (Å²) in [5, 5.41) is 2.06. The Balaban J connectivity index is 2.22. The van der Waals surface area contributed by atoms with Crippen LogP contribution in [0.15, 0.2) is 47.5 Å². The number of aliphatic imine (C=N–C) groups is 1. The number of fused-ring (bicyclic) bond motifs is 1. The van der Waals surface area contributed by atoms with Gasteiger partial charge in [-0.3, -0.25) is 9.59 Å². The minimum atomic E-state index is -0.669. The van der Waals surface area contributed by atoms with Crippen LogP contribution in [-0.2, 0) is 9.59 Å². The number of carbonyl (C=O) groups excluding carboxylic acids is 2. The van der Waals surface area contributed by atoms with Crippen molar-refractivity contribution >= 4 is 38.6 Å². The molecule has 1 aliphatic rings. The third-order valence-corrected chi connectivity index (χ3v) is 3.45. The minimum absolute atomic E-state index is 0.497. The van der Waals surface area contributed by atoms with Gasteiger partial charge in [0, 0.05) is 5.56 Å². The Morgan fingerprint density at radius 2 is 1.71 bits per heavy atom. The van der Waals surface area contributed by atoms with Gasteiger partial charge in [-0.1, -0.05) is 42.5 Å². The van der Waals surface area contributed by atoms with Crippen molar-refractivity contribution in [2.45, 2.75) is 0 Å². The van der Waals surface area contributed by atoms with Crippen molar-refractivity contribution < 1.29 is 9.59 Å². The lowest BCUT2D eigenvalue weighted by atomic mass is 10.1. The molecule has 2 aromatic rings. The molecule has 0 bridgehead atoms.